The Morgan fingerprint density at radius 2 is 1.62 bits per heavy atom. The molecule has 0 radical (unpaired) electrons. The van der Waals surface area contributed by atoms with Gasteiger partial charge in [-0.15, -0.1) is 0 Å². The number of anilines is 3. The fraction of sp³-hybridized carbons (Fsp3) is 0.188. The van der Waals surface area contributed by atoms with Crippen molar-refractivity contribution < 1.29 is 4.79 Å². The number of benzene rings is 2. The van der Waals surface area contributed by atoms with Crippen LogP contribution in [-0.4, -0.2) is 19.5 Å². The summed E-state index contributed by atoms with van der Waals surface area (Å²) in [6, 6.07) is 12.9. The Balaban J connectivity index is 2.26. The third-order valence-corrected chi connectivity index (χ3v) is 4.23. The fourth-order valence-corrected chi connectivity index (χ4v) is 3.02. The van der Waals surface area contributed by atoms with E-state index in [4.69, 9.17) is 23.2 Å². The highest BCUT2D eigenvalue weighted by atomic mass is 35.5. The van der Waals surface area contributed by atoms with Gasteiger partial charge in [-0.25, -0.2) is 0 Å². The fourth-order valence-electron chi connectivity index (χ4n) is 2.54. The topological polar surface area (TPSA) is 23.6 Å². The summed E-state index contributed by atoms with van der Waals surface area (Å²) in [5.41, 5.74) is 2.28. The molecule has 0 saturated heterocycles. The zero-order valence-corrected chi connectivity index (χ0v) is 13.0. The molecule has 1 aliphatic rings. The lowest BCUT2D eigenvalue weighted by Gasteiger charge is -2.26. The van der Waals surface area contributed by atoms with Crippen molar-refractivity contribution in [3.63, 3.8) is 0 Å². The zero-order chi connectivity index (χ0) is 15.0. The monoisotopic (exact) mass is 320 g/mol. The van der Waals surface area contributed by atoms with Crippen LogP contribution in [0, 0.1) is 0 Å². The second kappa shape index (κ2) is 5.58. The summed E-state index contributed by atoms with van der Waals surface area (Å²) in [6.07, 6.45) is 0.409. The maximum atomic E-state index is 12.6. The number of carbonyl (C=O) groups excluding carboxylic acids is 1. The van der Waals surface area contributed by atoms with E-state index in [0.29, 0.717) is 34.4 Å². The van der Waals surface area contributed by atoms with E-state index in [2.05, 4.69) is 0 Å². The predicted molar refractivity (Wildman–Crippen MR) is 87.9 cm³/mol. The first-order chi connectivity index (χ1) is 10.1. The van der Waals surface area contributed by atoms with Gasteiger partial charge in [0, 0.05) is 20.0 Å². The number of fused-ring (bicyclic) bond motifs is 1. The first-order valence-corrected chi connectivity index (χ1v) is 7.42. The van der Waals surface area contributed by atoms with Crippen molar-refractivity contribution in [1.29, 1.82) is 0 Å². The van der Waals surface area contributed by atoms with E-state index in [-0.39, 0.29) is 5.91 Å². The van der Waals surface area contributed by atoms with E-state index in [0.717, 1.165) is 5.69 Å². The van der Waals surface area contributed by atoms with E-state index in [1.54, 1.807) is 17.0 Å². The Morgan fingerprint density at radius 1 is 0.952 bits per heavy atom. The lowest BCUT2D eigenvalue weighted by Crippen LogP contribution is -2.25. The van der Waals surface area contributed by atoms with Gasteiger partial charge in [0.05, 0.1) is 27.1 Å². The number of para-hydroxylation sites is 2. The lowest BCUT2D eigenvalue weighted by atomic mass is 10.2. The molecule has 0 saturated carbocycles. The van der Waals surface area contributed by atoms with Crippen LogP contribution in [0.2, 0.25) is 10.0 Å². The third kappa shape index (κ3) is 2.47. The zero-order valence-electron chi connectivity index (χ0n) is 11.5. The Kier molecular flexibility index (Phi) is 3.79. The van der Waals surface area contributed by atoms with E-state index >= 15 is 0 Å². The molecule has 0 aromatic heterocycles. The van der Waals surface area contributed by atoms with Crippen LogP contribution in [0.1, 0.15) is 6.42 Å². The SMILES string of the molecule is CN1CCC(=O)N(c2ccccc2Cl)c2c(Cl)cccc21. The van der Waals surface area contributed by atoms with Crippen LogP contribution in [-0.2, 0) is 4.79 Å². The highest BCUT2D eigenvalue weighted by Gasteiger charge is 2.29. The van der Waals surface area contributed by atoms with Crippen molar-refractivity contribution in [2.24, 2.45) is 0 Å². The molecule has 0 aliphatic carbocycles. The summed E-state index contributed by atoms with van der Waals surface area (Å²) in [4.78, 5) is 16.3. The third-order valence-electron chi connectivity index (χ3n) is 3.60. The summed E-state index contributed by atoms with van der Waals surface area (Å²) in [5, 5.41) is 1.07. The number of rotatable bonds is 1. The van der Waals surface area contributed by atoms with Gasteiger partial charge in [0.25, 0.3) is 0 Å². The van der Waals surface area contributed by atoms with Crippen LogP contribution < -0.4 is 9.80 Å². The molecule has 0 atom stereocenters. The van der Waals surface area contributed by atoms with E-state index in [1.165, 1.54) is 0 Å². The largest absolute Gasteiger partial charge is 0.372 e. The molecule has 3 rings (SSSR count). The van der Waals surface area contributed by atoms with E-state index in [1.807, 2.05) is 42.3 Å². The normalized spacial score (nSPS) is 14.9. The molecule has 3 nitrogen and oxygen atoms in total. The maximum Gasteiger partial charge on any atom is 0.233 e. The molecule has 1 aliphatic heterocycles. The number of hydrogen-bond donors (Lipinski definition) is 0. The smallest absolute Gasteiger partial charge is 0.233 e. The van der Waals surface area contributed by atoms with Gasteiger partial charge in [0.2, 0.25) is 5.91 Å². The minimum atomic E-state index is -0.0122. The summed E-state index contributed by atoms with van der Waals surface area (Å²) in [7, 11) is 1.96. The van der Waals surface area contributed by atoms with Crippen molar-refractivity contribution >= 4 is 46.2 Å². The van der Waals surface area contributed by atoms with Crippen molar-refractivity contribution in [2.45, 2.75) is 6.42 Å². The van der Waals surface area contributed by atoms with Gasteiger partial charge in [-0.05, 0) is 24.3 Å². The number of carbonyl (C=O) groups is 1. The second-order valence-electron chi connectivity index (χ2n) is 4.96. The van der Waals surface area contributed by atoms with E-state index in [9.17, 15) is 4.79 Å². The summed E-state index contributed by atoms with van der Waals surface area (Å²) in [5.74, 6) is -0.0122. The quantitative estimate of drug-likeness (QED) is 0.772. The molecule has 2 aromatic carbocycles. The molecular formula is C16H14Cl2N2O. The first-order valence-electron chi connectivity index (χ1n) is 6.66. The number of hydrogen-bond acceptors (Lipinski definition) is 2. The molecule has 0 bridgehead atoms. The second-order valence-corrected chi connectivity index (χ2v) is 5.77. The molecule has 5 heteroatoms. The molecule has 21 heavy (non-hydrogen) atoms. The molecule has 0 unspecified atom stereocenters. The molecule has 0 N–H and O–H groups in total. The molecule has 0 fully saturated rings. The highest BCUT2D eigenvalue weighted by molar-refractivity contribution is 6.37. The lowest BCUT2D eigenvalue weighted by molar-refractivity contribution is -0.117. The van der Waals surface area contributed by atoms with Crippen molar-refractivity contribution in [2.75, 3.05) is 23.4 Å². The standard InChI is InChI=1S/C16H14Cl2N2O/c1-19-10-9-15(21)20(13-7-3-2-5-11(13)17)16-12(18)6-4-8-14(16)19/h2-8H,9-10H2,1H3. The Morgan fingerprint density at radius 3 is 2.38 bits per heavy atom. The van der Waals surface area contributed by atoms with Gasteiger partial charge >= 0.3 is 0 Å². The minimum absolute atomic E-state index is 0.0122. The summed E-state index contributed by atoms with van der Waals surface area (Å²) < 4.78 is 0. The molecular weight excluding hydrogens is 307 g/mol. The minimum Gasteiger partial charge on any atom is -0.372 e. The number of nitrogens with zero attached hydrogens (tertiary/aromatic N) is 2. The van der Waals surface area contributed by atoms with E-state index < -0.39 is 0 Å². The van der Waals surface area contributed by atoms with Gasteiger partial charge in [-0.2, -0.15) is 0 Å². The molecule has 1 amide bonds. The molecule has 0 spiro atoms. The Labute approximate surface area is 133 Å². The Hall–Kier alpha value is -1.71. The van der Waals surface area contributed by atoms with Gasteiger partial charge in [-0.3, -0.25) is 9.69 Å². The van der Waals surface area contributed by atoms with Crippen molar-refractivity contribution in [3.05, 3.63) is 52.5 Å². The number of halogens is 2. The van der Waals surface area contributed by atoms with Crippen LogP contribution >= 0.6 is 23.2 Å². The predicted octanol–water partition coefficient (Wildman–Crippen LogP) is 4.50. The molecule has 1 heterocycles. The van der Waals surface area contributed by atoms with Crippen LogP contribution in [0.15, 0.2) is 42.5 Å². The molecule has 108 valence electrons. The van der Waals surface area contributed by atoms with Gasteiger partial charge < -0.3 is 4.90 Å². The Bertz CT molecular complexity index is 702. The average Bonchev–Trinajstić information content (AvgIpc) is 2.60. The van der Waals surface area contributed by atoms with Crippen LogP contribution in [0.5, 0.6) is 0 Å². The van der Waals surface area contributed by atoms with Crippen LogP contribution in [0.25, 0.3) is 0 Å². The van der Waals surface area contributed by atoms with Gasteiger partial charge in [0.1, 0.15) is 0 Å². The van der Waals surface area contributed by atoms with Crippen LogP contribution in [0.3, 0.4) is 0 Å². The van der Waals surface area contributed by atoms with Gasteiger partial charge in [0.15, 0.2) is 0 Å². The number of amides is 1. The van der Waals surface area contributed by atoms with Crippen LogP contribution in [0.4, 0.5) is 17.1 Å². The first kappa shape index (κ1) is 14.2. The highest BCUT2D eigenvalue weighted by Crippen LogP contribution is 2.43. The summed E-state index contributed by atoms with van der Waals surface area (Å²) >= 11 is 12.7. The van der Waals surface area contributed by atoms with Crippen molar-refractivity contribution in [3.8, 4) is 0 Å². The maximum absolute atomic E-state index is 12.6. The summed E-state index contributed by atoms with van der Waals surface area (Å²) in [6.45, 7) is 0.646. The average molecular weight is 321 g/mol. The van der Waals surface area contributed by atoms with Gasteiger partial charge in [-0.1, -0.05) is 41.4 Å². The molecule has 2 aromatic rings. The van der Waals surface area contributed by atoms with Crippen molar-refractivity contribution in [1.82, 2.24) is 0 Å².